The van der Waals surface area contributed by atoms with Crippen molar-refractivity contribution in [3.05, 3.63) is 53.1 Å². The summed E-state index contributed by atoms with van der Waals surface area (Å²) in [6.45, 7) is 4.55. The molecule has 0 saturated heterocycles. The zero-order valence-electron chi connectivity index (χ0n) is 14.2. The molecule has 0 unspecified atom stereocenters. The Morgan fingerprint density at radius 2 is 1.88 bits per heavy atom. The van der Waals surface area contributed by atoms with E-state index in [0.717, 1.165) is 41.8 Å². The number of nitrogens with zero attached hydrogens (tertiary/aromatic N) is 1. The molecule has 6 heteroatoms. The van der Waals surface area contributed by atoms with E-state index in [9.17, 15) is 13.2 Å². The van der Waals surface area contributed by atoms with E-state index in [1.807, 2.05) is 24.8 Å². The maximum Gasteiger partial charge on any atom is 0.261 e. The van der Waals surface area contributed by atoms with Gasteiger partial charge in [-0.2, -0.15) is 0 Å². The van der Waals surface area contributed by atoms with Gasteiger partial charge in [0.05, 0.1) is 16.5 Å². The first-order valence-corrected chi connectivity index (χ1v) is 9.93. The van der Waals surface area contributed by atoms with Gasteiger partial charge in [-0.15, -0.1) is 0 Å². The number of hydrogen-bond donors (Lipinski definition) is 1. The summed E-state index contributed by atoms with van der Waals surface area (Å²) in [5.41, 5.74) is 4.49. The van der Waals surface area contributed by atoms with Crippen molar-refractivity contribution < 1.29 is 13.2 Å². The van der Waals surface area contributed by atoms with Gasteiger partial charge in [-0.25, -0.2) is 8.42 Å². The molecular formula is C19H20N2O3S. The van der Waals surface area contributed by atoms with E-state index in [1.165, 1.54) is 0 Å². The van der Waals surface area contributed by atoms with Crippen LogP contribution in [0.25, 0.3) is 0 Å². The van der Waals surface area contributed by atoms with Gasteiger partial charge in [0.2, 0.25) is 5.91 Å². The Balaban J connectivity index is 1.73. The minimum absolute atomic E-state index is 0.106. The van der Waals surface area contributed by atoms with Crippen molar-refractivity contribution >= 4 is 27.3 Å². The maximum absolute atomic E-state index is 12.6. The minimum atomic E-state index is -3.65. The van der Waals surface area contributed by atoms with Gasteiger partial charge in [-0.05, 0) is 62.1 Å². The van der Waals surface area contributed by atoms with Crippen LogP contribution in [0.5, 0.6) is 0 Å². The van der Waals surface area contributed by atoms with Crippen LogP contribution in [-0.2, 0) is 21.2 Å². The van der Waals surface area contributed by atoms with Crippen LogP contribution in [0.1, 0.15) is 36.0 Å². The van der Waals surface area contributed by atoms with E-state index in [1.54, 1.807) is 30.3 Å². The summed E-state index contributed by atoms with van der Waals surface area (Å²) < 4.78 is 28.0. The van der Waals surface area contributed by atoms with Crippen molar-refractivity contribution in [2.24, 2.45) is 0 Å². The Bertz CT molecular complexity index is 965. The monoisotopic (exact) mass is 356 g/mol. The summed E-state index contributed by atoms with van der Waals surface area (Å²) in [5.74, 6) is -0.120. The van der Waals surface area contributed by atoms with Gasteiger partial charge in [-0.1, -0.05) is 17.7 Å². The fourth-order valence-electron chi connectivity index (χ4n) is 3.69. The van der Waals surface area contributed by atoms with Crippen molar-refractivity contribution in [3.8, 4) is 0 Å². The molecule has 2 aromatic carbocycles. The van der Waals surface area contributed by atoms with E-state index in [0.29, 0.717) is 5.69 Å². The van der Waals surface area contributed by atoms with Crippen molar-refractivity contribution in [1.29, 1.82) is 0 Å². The van der Waals surface area contributed by atoms with Gasteiger partial charge < -0.3 is 4.90 Å². The Morgan fingerprint density at radius 3 is 2.60 bits per heavy atom. The molecule has 2 aliphatic heterocycles. The quantitative estimate of drug-likeness (QED) is 0.918. The second-order valence-electron chi connectivity index (χ2n) is 6.81. The zero-order valence-corrected chi connectivity index (χ0v) is 15.1. The first-order chi connectivity index (χ1) is 11.9. The lowest BCUT2D eigenvalue weighted by Crippen LogP contribution is -2.32. The zero-order chi connectivity index (χ0) is 17.8. The molecule has 4 rings (SSSR count). The Hall–Kier alpha value is -2.34. The summed E-state index contributed by atoms with van der Waals surface area (Å²) in [4.78, 5) is 14.5. The highest BCUT2D eigenvalue weighted by molar-refractivity contribution is 7.92. The van der Waals surface area contributed by atoms with Crippen LogP contribution in [0.4, 0.5) is 11.4 Å². The van der Waals surface area contributed by atoms with Crippen LogP contribution in [0.2, 0.25) is 0 Å². The summed E-state index contributed by atoms with van der Waals surface area (Å²) in [6.07, 6.45) is 1.76. The fraction of sp³-hybridized carbons (Fsp3) is 0.316. The number of sulfonamides is 1. The van der Waals surface area contributed by atoms with E-state index >= 15 is 0 Å². The number of carbonyl (C=O) groups excluding carboxylic acids is 1. The lowest BCUT2D eigenvalue weighted by Gasteiger charge is -2.26. The van der Waals surface area contributed by atoms with E-state index in [-0.39, 0.29) is 16.7 Å². The molecule has 130 valence electrons. The molecule has 1 N–H and O–H groups in total. The molecule has 1 amide bonds. The summed E-state index contributed by atoms with van der Waals surface area (Å²) in [5, 5.41) is 0. The Kier molecular flexibility index (Phi) is 3.61. The molecule has 0 spiro atoms. The molecule has 0 fully saturated rings. The van der Waals surface area contributed by atoms with E-state index in [4.69, 9.17) is 0 Å². The molecule has 2 aliphatic rings. The highest BCUT2D eigenvalue weighted by atomic mass is 32.2. The lowest BCUT2D eigenvalue weighted by molar-refractivity contribution is -0.119. The predicted molar refractivity (Wildman–Crippen MR) is 97.5 cm³/mol. The Labute approximate surface area is 147 Å². The molecule has 0 saturated carbocycles. The molecule has 2 aromatic rings. The third kappa shape index (κ3) is 2.61. The third-order valence-electron chi connectivity index (χ3n) is 5.00. The van der Waals surface area contributed by atoms with Crippen LogP contribution >= 0.6 is 0 Å². The first-order valence-electron chi connectivity index (χ1n) is 8.44. The van der Waals surface area contributed by atoms with Crippen LogP contribution in [0, 0.1) is 6.92 Å². The van der Waals surface area contributed by atoms with Gasteiger partial charge >= 0.3 is 0 Å². The van der Waals surface area contributed by atoms with Crippen molar-refractivity contribution in [1.82, 2.24) is 0 Å². The normalized spacial score (nSPS) is 19.0. The second kappa shape index (κ2) is 5.59. The number of benzene rings is 2. The number of aryl methyl sites for hydroxylation is 2. The minimum Gasteiger partial charge on any atom is -0.311 e. The standard InChI is InChI=1S/C19H20N2O3S/c1-12-5-7-16(8-6-12)25(23,24)20-15-10-14-4-3-9-21-18(14)17(11-15)13(2)19(21)22/h5-8,10-11,13,20H,3-4,9H2,1-2H3/t13-/m1/s1. The van der Waals surface area contributed by atoms with Crippen molar-refractivity contribution in [2.75, 3.05) is 16.2 Å². The molecule has 0 radical (unpaired) electrons. The SMILES string of the molecule is Cc1ccc(S(=O)(=O)Nc2cc3c4c(c2)[C@@H](C)C(=O)N4CCC3)cc1. The highest BCUT2D eigenvalue weighted by Gasteiger charge is 2.38. The van der Waals surface area contributed by atoms with Gasteiger partial charge in [0.15, 0.2) is 0 Å². The third-order valence-corrected chi connectivity index (χ3v) is 6.40. The van der Waals surface area contributed by atoms with Crippen LogP contribution in [0.15, 0.2) is 41.3 Å². The van der Waals surface area contributed by atoms with E-state index < -0.39 is 10.0 Å². The molecule has 0 aromatic heterocycles. The van der Waals surface area contributed by atoms with E-state index in [2.05, 4.69) is 4.72 Å². The summed E-state index contributed by atoms with van der Waals surface area (Å²) in [6, 6.07) is 10.4. The van der Waals surface area contributed by atoms with Gasteiger partial charge in [0, 0.05) is 12.2 Å². The van der Waals surface area contributed by atoms with Crippen LogP contribution in [-0.4, -0.2) is 20.9 Å². The average molecular weight is 356 g/mol. The summed E-state index contributed by atoms with van der Waals surface area (Å²) >= 11 is 0. The van der Waals surface area contributed by atoms with Gasteiger partial charge in [-0.3, -0.25) is 9.52 Å². The number of anilines is 2. The van der Waals surface area contributed by atoms with Gasteiger partial charge in [0.25, 0.3) is 10.0 Å². The molecule has 1 atom stereocenters. The van der Waals surface area contributed by atoms with Gasteiger partial charge in [0.1, 0.15) is 0 Å². The molecule has 0 bridgehead atoms. The maximum atomic E-state index is 12.6. The largest absolute Gasteiger partial charge is 0.311 e. The predicted octanol–water partition coefficient (Wildman–Crippen LogP) is 3.19. The first kappa shape index (κ1) is 16.1. The molecule has 2 heterocycles. The van der Waals surface area contributed by atoms with Crippen LogP contribution < -0.4 is 9.62 Å². The number of nitrogens with one attached hydrogen (secondary N) is 1. The molecule has 5 nitrogen and oxygen atoms in total. The Morgan fingerprint density at radius 1 is 1.16 bits per heavy atom. The highest BCUT2D eigenvalue weighted by Crippen LogP contribution is 2.44. The topological polar surface area (TPSA) is 66.5 Å². The van der Waals surface area contributed by atoms with Crippen molar-refractivity contribution in [2.45, 2.75) is 37.5 Å². The fourth-order valence-corrected chi connectivity index (χ4v) is 4.73. The van der Waals surface area contributed by atoms with Crippen molar-refractivity contribution in [3.63, 3.8) is 0 Å². The molecule has 0 aliphatic carbocycles. The molecular weight excluding hydrogens is 336 g/mol. The number of hydrogen-bond acceptors (Lipinski definition) is 3. The average Bonchev–Trinajstić information content (AvgIpc) is 2.82. The smallest absolute Gasteiger partial charge is 0.261 e. The summed E-state index contributed by atoms with van der Waals surface area (Å²) in [7, 11) is -3.65. The lowest BCUT2D eigenvalue weighted by atomic mass is 9.96. The number of rotatable bonds is 3. The number of amides is 1. The second-order valence-corrected chi connectivity index (χ2v) is 8.49. The van der Waals surface area contributed by atoms with Crippen LogP contribution in [0.3, 0.4) is 0 Å². The number of carbonyl (C=O) groups is 1. The molecule has 25 heavy (non-hydrogen) atoms.